The van der Waals surface area contributed by atoms with Crippen LogP contribution in [-0.2, 0) is 9.59 Å². The van der Waals surface area contributed by atoms with Crippen molar-refractivity contribution in [1.29, 1.82) is 0 Å². The molecule has 4 aliphatic carbocycles. The minimum Gasteiger partial charge on any atom is -0.393 e. The van der Waals surface area contributed by atoms with Crippen LogP contribution in [0.3, 0.4) is 0 Å². The van der Waals surface area contributed by atoms with Crippen LogP contribution < -0.4 is 0 Å². The molecule has 1 N–H and O–H groups in total. The van der Waals surface area contributed by atoms with Gasteiger partial charge >= 0.3 is 0 Å². The van der Waals surface area contributed by atoms with Crippen LogP contribution in [-0.4, -0.2) is 22.8 Å². The van der Waals surface area contributed by atoms with Crippen LogP contribution in [0.1, 0.15) is 72.1 Å². The van der Waals surface area contributed by atoms with Crippen molar-refractivity contribution in [2.45, 2.75) is 78.2 Å². The Kier molecular flexibility index (Phi) is 3.77. The van der Waals surface area contributed by atoms with Crippen LogP contribution in [0.5, 0.6) is 0 Å². The molecular formula is C21H32O3. The predicted molar refractivity (Wildman–Crippen MR) is 92.3 cm³/mol. The Hall–Kier alpha value is -0.700. The fourth-order valence-corrected chi connectivity index (χ4v) is 7.67. The Morgan fingerprint density at radius 1 is 1.00 bits per heavy atom. The summed E-state index contributed by atoms with van der Waals surface area (Å²) in [5.41, 5.74) is 0.238. The highest BCUT2D eigenvalue weighted by molar-refractivity contribution is 5.90. The van der Waals surface area contributed by atoms with Crippen molar-refractivity contribution in [2.24, 2.45) is 40.4 Å². The summed E-state index contributed by atoms with van der Waals surface area (Å²) < 4.78 is 0. The molecule has 0 spiro atoms. The molecule has 0 radical (unpaired) electrons. The van der Waals surface area contributed by atoms with Gasteiger partial charge in [-0.15, -0.1) is 0 Å². The van der Waals surface area contributed by atoms with Crippen molar-refractivity contribution in [3.63, 3.8) is 0 Å². The van der Waals surface area contributed by atoms with Crippen molar-refractivity contribution >= 4 is 11.6 Å². The maximum Gasteiger partial charge on any atom is 0.137 e. The summed E-state index contributed by atoms with van der Waals surface area (Å²) in [6, 6.07) is 0. The van der Waals surface area contributed by atoms with E-state index in [1.807, 2.05) is 6.92 Å². The SMILES string of the molecule is CC(O)C1CCC2C3CC(=O)C4CC(=O)CCC4(C)C3CCC12C. The van der Waals surface area contributed by atoms with E-state index >= 15 is 0 Å². The molecule has 4 fully saturated rings. The van der Waals surface area contributed by atoms with Gasteiger partial charge in [0.2, 0.25) is 0 Å². The van der Waals surface area contributed by atoms with E-state index in [-0.39, 0.29) is 22.9 Å². The Labute approximate surface area is 145 Å². The van der Waals surface area contributed by atoms with E-state index in [0.717, 1.165) is 12.8 Å². The number of aliphatic hydroxyl groups is 1. The lowest BCUT2D eigenvalue weighted by molar-refractivity contribution is -0.159. The number of fused-ring (bicyclic) bond motifs is 5. The van der Waals surface area contributed by atoms with Crippen molar-refractivity contribution < 1.29 is 14.7 Å². The van der Waals surface area contributed by atoms with Crippen molar-refractivity contribution in [2.75, 3.05) is 0 Å². The van der Waals surface area contributed by atoms with Crippen LogP contribution in [0.15, 0.2) is 0 Å². The first-order valence-electron chi connectivity index (χ1n) is 10.00. The zero-order valence-corrected chi connectivity index (χ0v) is 15.4. The van der Waals surface area contributed by atoms with E-state index in [9.17, 15) is 14.7 Å². The van der Waals surface area contributed by atoms with Gasteiger partial charge in [0.1, 0.15) is 11.6 Å². The number of carbonyl (C=O) groups excluding carboxylic acids is 2. The van der Waals surface area contributed by atoms with Gasteiger partial charge < -0.3 is 5.11 Å². The largest absolute Gasteiger partial charge is 0.393 e. The van der Waals surface area contributed by atoms with Gasteiger partial charge in [-0.25, -0.2) is 0 Å². The van der Waals surface area contributed by atoms with Gasteiger partial charge in [0, 0.05) is 25.2 Å². The molecule has 24 heavy (non-hydrogen) atoms. The molecule has 0 heterocycles. The van der Waals surface area contributed by atoms with E-state index < -0.39 is 0 Å². The number of aliphatic hydroxyl groups excluding tert-OH is 1. The molecule has 0 aromatic rings. The molecule has 134 valence electrons. The van der Waals surface area contributed by atoms with Crippen LogP contribution in [0, 0.1) is 40.4 Å². The van der Waals surface area contributed by atoms with Gasteiger partial charge in [0.05, 0.1) is 6.10 Å². The number of rotatable bonds is 1. The van der Waals surface area contributed by atoms with Crippen LogP contribution in [0.25, 0.3) is 0 Å². The van der Waals surface area contributed by atoms with Crippen molar-refractivity contribution in [3.05, 3.63) is 0 Å². The van der Waals surface area contributed by atoms with Crippen molar-refractivity contribution in [1.82, 2.24) is 0 Å². The van der Waals surface area contributed by atoms with E-state index in [1.165, 1.54) is 19.3 Å². The molecule has 8 unspecified atom stereocenters. The summed E-state index contributed by atoms with van der Waals surface area (Å²) in [6.07, 6.45) is 7.14. The van der Waals surface area contributed by atoms with E-state index in [4.69, 9.17) is 0 Å². The third-order valence-corrected chi connectivity index (χ3v) is 8.94. The van der Waals surface area contributed by atoms with E-state index in [0.29, 0.717) is 54.5 Å². The lowest BCUT2D eigenvalue weighted by Gasteiger charge is -2.59. The summed E-state index contributed by atoms with van der Waals surface area (Å²) in [5, 5.41) is 10.3. The Balaban J connectivity index is 1.67. The van der Waals surface area contributed by atoms with Gasteiger partial charge in [-0.1, -0.05) is 13.8 Å². The minimum atomic E-state index is -0.244. The molecule has 8 atom stereocenters. The molecule has 4 rings (SSSR count). The highest BCUT2D eigenvalue weighted by Crippen LogP contribution is 2.66. The fraction of sp³-hybridized carbons (Fsp3) is 0.905. The fourth-order valence-electron chi connectivity index (χ4n) is 7.67. The summed E-state index contributed by atoms with van der Waals surface area (Å²) in [4.78, 5) is 24.9. The molecule has 4 saturated carbocycles. The first-order chi connectivity index (χ1) is 11.3. The third-order valence-electron chi connectivity index (χ3n) is 8.94. The van der Waals surface area contributed by atoms with Crippen LogP contribution in [0.2, 0.25) is 0 Å². The van der Waals surface area contributed by atoms with Gasteiger partial charge in [-0.2, -0.15) is 0 Å². The average Bonchev–Trinajstić information content (AvgIpc) is 2.87. The lowest BCUT2D eigenvalue weighted by atomic mass is 9.44. The zero-order chi connectivity index (χ0) is 17.3. The second-order valence-electron chi connectivity index (χ2n) is 9.82. The van der Waals surface area contributed by atoms with Gasteiger partial charge in [0.15, 0.2) is 0 Å². The summed E-state index contributed by atoms with van der Waals surface area (Å²) >= 11 is 0. The second kappa shape index (κ2) is 5.40. The highest BCUT2D eigenvalue weighted by atomic mass is 16.3. The van der Waals surface area contributed by atoms with E-state index in [1.54, 1.807) is 0 Å². The Morgan fingerprint density at radius 2 is 1.71 bits per heavy atom. The monoisotopic (exact) mass is 332 g/mol. The molecule has 4 aliphatic rings. The molecule has 0 bridgehead atoms. The molecular weight excluding hydrogens is 300 g/mol. The summed E-state index contributed by atoms with van der Waals surface area (Å²) in [5.74, 6) is 2.68. The smallest absolute Gasteiger partial charge is 0.137 e. The maximum atomic E-state index is 12.9. The Morgan fingerprint density at radius 3 is 2.42 bits per heavy atom. The molecule has 0 aromatic carbocycles. The first kappa shape index (κ1) is 16.8. The van der Waals surface area contributed by atoms with Gasteiger partial charge in [0.25, 0.3) is 0 Å². The maximum absolute atomic E-state index is 12.9. The van der Waals surface area contributed by atoms with Crippen molar-refractivity contribution in [3.8, 4) is 0 Å². The first-order valence-corrected chi connectivity index (χ1v) is 10.00. The minimum absolute atomic E-state index is 0.0154. The molecule has 0 aromatic heterocycles. The number of carbonyl (C=O) groups is 2. The molecule has 0 saturated heterocycles. The molecule has 3 heteroatoms. The van der Waals surface area contributed by atoms with Gasteiger partial charge in [-0.3, -0.25) is 9.59 Å². The number of hydrogen-bond acceptors (Lipinski definition) is 3. The Bertz CT molecular complexity index is 567. The number of ketones is 2. The molecule has 0 amide bonds. The summed E-state index contributed by atoms with van der Waals surface area (Å²) in [6.45, 7) is 6.63. The topological polar surface area (TPSA) is 54.4 Å². The standard InChI is InChI=1S/C21H32O3/c1-12(22)15-4-5-16-14-11-19(24)18-10-13(23)6-8-21(18,3)17(14)7-9-20(15,16)2/h12,14-18,22H,4-11H2,1-3H3. The second-order valence-corrected chi connectivity index (χ2v) is 9.82. The highest BCUT2D eigenvalue weighted by Gasteiger charge is 2.62. The number of hydrogen-bond donors (Lipinski definition) is 1. The van der Waals surface area contributed by atoms with Crippen LogP contribution in [0.4, 0.5) is 0 Å². The normalized spacial score (nSPS) is 52.4. The van der Waals surface area contributed by atoms with E-state index in [2.05, 4.69) is 13.8 Å². The van der Waals surface area contributed by atoms with Crippen LogP contribution >= 0.6 is 0 Å². The summed E-state index contributed by atoms with van der Waals surface area (Å²) in [7, 11) is 0. The number of Topliss-reactive ketones (excluding diaryl/α,β-unsaturated/α-hetero) is 2. The quantitative estimate of drug-likeness (QED) is 0.795. The zero-order valence-electron chi connectivity index (χ0n) is 15.4. The predicted octanol–water partition coefficient (Wildman–Crippen LogP) is 3.77. The molecule has 3 nitrogen and oxygen atoms in total. The molecule has 0 aliphatic heterocycles. The lowest BCUT2D eigenvalue weighted by Crippen LogP contribution is -2.57. The third kappa shape index (κ3) is 2.12. The van der Waals surface area contributed by atoms with Gasteiger partial charge in [-0.05, 0) is 73.5 Å². The average molecular weight is 332 g/mol.